The van der Waals surface area contributed by atoms with Crippen molar-refractivity contribution in [2.45, 2.75) is 32.2 Å². The van der Waals surface area contributed by atoms with Crippen LogP contribution in [0.5, 0.6) is 5.75 Å². The number of nitrogens with one attached hydrogen (secondary N) is 3. The first-order valence-corrected chi connectivity index (χ1v) is 10.3. The van der Waals surface area contributed by atoms with Gasteiger partial charge in [-0.25, -0.2) is 19.2 Å². The van der Waals surface area contributed by atoms with Crippen LogP contribution in [0.4, 0.5) is 14.9 Å². The average Bonchev–Trinajstić information content (AvgIpc) is 3.53. The van der Waals surface area contributed by atoms with Crippen LogP contribution in [-0.2, 0) is 11.2 Å². The van der Waals surface area contributed by atoms with Crippen molar-refractivity contribution in [3.63, 3.8) is 0 Å². The molecule has 2 aromatic rings. The molecule has 3 N–H and O–H groups in total. The van der Waals surface area contributed by atoms with Crippen LogP contribution < -0.4 is 25.8 Å². The standard InChI is InChI=1S/C21H25FN6O3/c1-13(15-4-5-17(22)18(8-15)31-12-14-2-3-14)27-25-7-6-19-23-9-16(10-24-19)28-11-20(29)26-21(28)30/h4-5,8-10,13-14,25,27H,2-3,6-7,11-12H2,1H3,(H,26,29,30). The van der Waals surface area contributed by atoms with E-state index in [1.54, 1.807) is 12.1 Å². The van der Waals surface area contributed by atoms with Crippen molar-refractivity contribution in [1.82, 2.24) is 26.1 Å². The Kier molecular flexibility index (Phi) is 6.38. The van der Waals surface area contributed by atoms with Gasteiger partial charge in [0.05, 0.1) is 24.7 Å². The van der Waals surface area contributed by atoms with Crippen LogP contribution in [-0.4, -0.2) is 41.6 Å². The highest BCUT2D eigenvalue weighted by Gasteiger charge is 2.28. The fourth-order valence-electron chi connectivity index (χ4n) is 3.14. The van der Waals surface area contributed by atoms with Crippen molar-refractivity contribution >= 4 is 17.6 Å². The van der Waals surface area contributed by atoms with E-state index >= 15 is 0 Å². The predicted molar refractivity (Wildman–Crippen MR) is 111 cm³/mol. The van der Waals surface area contributed by atoms with Crippen molar-refractivity contribution in [2.24, 2.45) is 5.92 Å². The zero-order chi connectivity index (χ0) is 21.8. The number of benzene rings is 1. The first-order valence-electron chi connectivity index (χ1n) is 10.3. The zero-order valence-electron chi connectivity index (χ0n) is 17.2. The van der Waals surface area contributed by atoms with Gasteiger partial charge >= 0.3 is 6.03 Å². The minimum Gasteiger partial charge on any atom is -0.490 e. The molecule has 9 nitrogen and oxygen atoms in total. The number of anilines is 1. The molecule has 1 aromatic carbocycles. The molecule has 1 atom stereocenters. The van der Waals surface area contributed by atoms with Crippen molar-refractivity contribution in [1.29, 1.82) is 0 Å². The highest BCUT2D eigenvalue weighted by Crippen LogP contribution is 2.31. The summed E-state index contributed by atoms with van der Waals surface area (Å²) in [4.78, 5) is 32.7. The minimum absolute atomic E-state index is 0.0262. The van der Waals surface area contributed by atoms with Gasteiger partial charge < -0.3 is 4.74 Å². The van der Waals surface area contributed by atoms with Gasteiger partial charge in [0.1, 0.15) is 12.4 Å². The lowest BCUT2D eigenvalue weighted by atomic mass is 10.1. The molecule has 2 aliphatic rings. The summed E-state index contributed by atoms with van der Waals surface area (Å²) in [5.74, 6) is 0.766. The molecular weight excluding hydrogens is 403 g/mol. The first kappa shape index (κ1) is 21.1. The van der Waals surface area contributed by atoms with Gasteiger partial charge in [0.25, 0.3) is 0 Å². The monoisotopic (exact) mass is 428 g/mol. The molecule has 1 unspecified atom stereocenters. The number of amides is 3. The number of nitrogens with zero attached hydrogens (tertiary/aromatic N) is 3. The summed E-state index contributed by atoms with van der Waals surface area (Å²) in [6.45, 7) is 3.08. The fraction of sp³-hybridized carbons (Fsp3) is 0.429. The lowest BCUT2D eigenvalue weighted by Gasteiger charge is -2.17. The molecule has 164 valence electrons. The molecule has 1 aromatic heterocycles. The molecule has 1 aliphatic heterocycles. The van der Waals surface area contributed by atoms with Gasteiger partial charge in [-0.1, -0.05) is 6.07 Å². The Balaban J connectivity index is 1.22. The molecule has 1 saturated heterocycles. The van der Waals surface area contributed by atoms with Crippen LogP contribution in [0.2, 0.25) is 0 Å². The Morgan fingerprint density at radius 3 is 2.74 bits per heavy atom. The topological polar surface area (TPSA) is 108 Å². The van der Waals surface area contributed by atoms with Gasteiger partial charge in [0.15, 0.2) is 11.6 Å². The molecule has 0 bridgehead atoms. The van der Waals surface area contributed by atoms with Gasteiger partial charge in [0, 0.05) is 19.0 Å². The van der Waals surface area contributed by atoms with Gasteiger partial charge in [0.2, 0.25) is 5.91 Å². The normalized spacial score (nSPS) is 17.0. The second-order valence-electron chi connectivity index (χ2n) is 7.78. The van der Waals surface area contributed by atoms with Gasteiger partial charge in [-0.3, -0.25) is 25.9 Å². The van der Waals surface area contributed by atoms with E-state index in [0.717, 1.165) is 18.4 Å². The number of aromatic nitrogens is 2. The van der Waals surface area contributed by atoms with E-state index in [2.05, 4.69) is 26.1 Å². The molecule has 1 aliphatic carbocycles. The van der Waals surface area contributed by atoms with Crippen LogP contribution in [0.3, 0.4) is 0 Å². The van der Waals surface area contributed by atoms with E-state index in [4.69, 9.17) is 4.74 Å². The van der Waals surface area contributed by atoms with E-state index in [-0.39, 0.29) is 24.3 Å². The molecule has 10 heteroatoms. The molecule has 4 rings (SSSR count). The van der Waals surface area contributed by atoms with E-state index in [0.29, 0.717) is 42.8 Å². The summed E-state index contributed by atoms with van der Waals surface area (Å²) < 4.78 is 19.6. The van der Waals surface area contributed by atoms with E-state index in [1.165, 1.54) is 23.4 Å². The molecule has 2 fully saturated rings. The number of ether oxygens (including phenoxy) is 1. The number of carbonyl (C=O) groups excluding carboxylic acids is 2. The van der Waals surface area contributed by atoms with Gasteiger partial charge in [-0.2, -0.15) is 0 Å². The summed E-state index contributed by atoms with van der Waals surface area (Å²) in [5.41, 5.74) is 7.69. The van der Waals surface area contributed by atoms with E-state index in [1.807, 2.05) is 6.92 Å². The maximum absolute atomic E-state index is 13.9. The van der Waals surface area contributed by atoms with Crippen molar-refractivity contribution in [2.75, 3.05) is 24.6 Å². The maximum Gasteiger partial charge on any atom is 0.329 e. The van der Waals surface area contributed by atoms with Crippen LogP contribution in [0, 0.1) is 11.7 Å². The Morgan fingerprint density at radius 1 is 1.29 bits per heavy atom. The number of halogens is 1. The molecule has 1 saturated carbocycles. The number of hydrazine groups is 1. The summed E-state index contributed by atoms with van der Waals surface area (Å²) in [6, 6.07) is 4.37. The minimum atomic E-state index is -0.469. The lowest BCUT2D eigenvalue weighted by molar-refractivity contribution is -0.117. The summed E-state index contributed by atoms with van der Waals surface area (Å²) in [6.07, 6.45) is 5.92. The Bertz CT molecular complexity index is 951. The predicted octanol–water partition coefficient (Wildman–Crippen LogP) is 1.86. The second kappa shape index (κ2) is 9.36. The van der Waals surface area contributed by atoms with Crippen molar-refractivity contribution < 1.29 is 18.7 Å². The highest BCUT2D eigenvalue weighted by atomic mass is 19.1. The van der Waals surface area contributed by atoms with E-state index < -0.39 is 6.03 Å². The highest BCUT2D eigenvalue weighted by molar-refractivity contribution is 6.12. The number of hydrogen-bond acceptors (Lipinski definition) is 7. The molecule has 0 spiro atoms. The lowest BCUT2D eigenvalue weighted by Crippen LogP contribution is -2.35. The third kappa shape index (κ3) is 5.53. The quantitative estimate of drug-likeness (QED) is 0.301. The number of imide groups is 1. The third-order valence-electron chi connectivity index (χ3n) is 5.22. The van der Waals surface area contributed by atoms with Crippen LogP contribution in [0.15, 0.2) is 30.6 Å². The summed E-state index contributed by atoms with van der Waals surface area (Å²) in [5, 5.41) is 2.21. The Hall–Kier alpha value is -3.11. The molecular formula is C21H25FN6O3. The molecule has 2 heterocycles. The Labute approximate surface area is 179 Å². The number of rotatable bonds is 10. The summed E-state index contributed by atoms with van der Waals surface area (Å²) in [7, 11) is 0. The van der Waals surface area contributed by atoms with E-state index in [9.17, 15) is 14.0 Å². The third-order valence-corrected chi connectivity index (χ3v) is 5.22. The zero-order valence-corrected chi connectivity index (χ0v) is 17.2. The number of hydrogen-bond donors (Lipinski definition) is 3. The molecule has 0 radical (unpaired) electrons. The largest absolute Gasteiger partial charge is 0.490 e. The SMILES string of the molecule is CC(NNCCc1ncc(N2CC(=O)NC2=O)cn1)c1ccc(F)c(OCC2CC2)c1. The second-order valence-corrected chi connectivity index (χ2v) is 7.78. The smallest absolute Gasteiger partial charge is 0.329 e. The van der Waals surface area contributed by atoms with Crippen LogP contribution in [0.1, 0.15) is 37.2 Å². The van der Waals surface area contributed by atoms with Crippen LogP contribution >= 0.6 is 0 Å². The number of urea groups is 1. The Morgan fingerprint density at radius 2 is 2.06 bits per heavy atom. The van der Waals surface area contributed by atoms with Crippen molar-refractivity contribution in [3.8, 4) is 5.75 Å². The van der Waals surface area contributed by atoms with Gasteiger partial charge in [-0.15, -0.1) is 0 Å². The first-order chi connectivity index (χ1) is 15.0. The molecule has 3 amide bonds. The van der Waals surface area contributed by atoms with Crippen LogP contribution in [0.25, 0.3) is 0 Å². The fourth-order valence-corrected chi connectivity index (χ4v) is 3.14. The number of carbonyl (C=O) groups is 2. The van der Waals surface area contributed by atoms with Gasteiger partial charge in [-0.05, 0) is 43.4 Å². The van der Waals surface area contributed by atoms with Crippen molar-refractivity contribution in [3.05, 3.63) is 47.8 Å². The summed E-state index contributed by atoms with van der Waals surface area (Å²) >= 11 is 0. The average molecular weight is 428 g/mol. The maximum atomic E-state index is 13.9. The molecule has 31 heavy (non-hydrogen) atoms.